The maximum atomic E-state index is 6.00. The van der Waals surface area contributed by atoms with Crippen molar-refractivity contribution in [1.82, 2.24) is 9.97 Å². The van der Waals surface area contributed by atoms with Crippen LogP contribution in [0.25, 0.3) is 10.9 Å². The molecule has 0 saturated carbocycles. The van der Waals surface area contributed by atoms with E-state index in [9.17, 15) is 0 Å². The lowest BCUT2D eigenvalue weighted by Gasteiger charge is -2.08. The average molecular weight is 265 g/mol. The van der Waals surface area contributed by atoms with Crippen LogP contribution < -0.4 is 10.5 Å². The molecular weight excluding hydrogens is 250 g/mol. The van der Waals surface area contributed by atoms with Gasteiger partial charge in [-0.3, -0.25) is 0 Å². The van der Waals surface area contributed by atoms with Crippen molar-refractivity contribution in [1.29, 1.82) is 0 Å². The highest BCUT2D eigenvalue weighted by Crippen LogP contribution is 2.22. The van der Waals surface area contributed by atoms with Gasteiger partial charge in [-0.05, 0) is 18.2 Å². The lowest BCUT2D eigenvalue weighted by molar-refractivity contribution is 0.410. The number of nitrogens with two attached hydrogens (primary N) is 1. The van der Waals surface area contributed by atoms with Crippen LogP contribution >= 0.6 is 0 Å². The highest BCUT2D eigenvalue weighted by atomic mass is 16.5. The Morgan fingerprint density at radius 1 is 1.00 bits per heavy atom. The normalized spacial score (nSPS) is 10.7. The monoisotopic (exact) mass is 265 g/mol. The van der Waals surface area contributed by atoms with Gasteiger partial charge in [-0.15, -0.1) is 0 Å². The first-order valence-electron chi connectivity index (χ1n) is 6.41. The van der Waals surface area contributed by atoms with Crippen molar-refractivity contribution >= 4 is 16.7 Å². The number of hydrogen-bond donors (Lipinski definition) is 1. The summed E-state index contributed by atoms with van der Waals surface area (Å²) in [7, 11) is 1.66. The number of aromatic nitrogens is 2. The summed E-state index contributed by atoms with van der Waals surface area (Å²) in [5.74, 6) is 2.05. The van der Waals surface area contributed by atoms with Gasteiger partial charge >= 0.3 is 0 Å². The number of rotatable bonds is 3. The molecule has 1 heterocycles. The predicted molar refractivity (Wildman–Crippen MR) is 79.8 cm³/mol. The number of anilines is 1. The van der Waals surface area contributed by atoms with E-state index in [0.717, 1.165) is 22.2 Å². The van der Waals surface area contributed by atoms with Crippen LogP contribution in [-0.2, 0) is 6.42 Å². The van der Waals surface area contributed by atoms with Crippen molar-refractivity contribution in [3.05, 3.63) is 59.9 Å². The molecule has 0 saturated heterocycles. The number of para-hydroxylation sites is 2. The van der Waals surface area contributed by atoms with Gasteiger partial charge in [0.1, 0.15) is 17.4 Å². The van der Waals surface area contributed by atoms with Crippen LogP contribution in [0, 0.1) is 0 Å². The van der Waals surface area contributed by atoms with E-state index in [2.05, 4.69) is 9.97 Å². The molecule has 0 unspecified atom stereocenters. The molecular formula is C16H15N3O. The van der Waals surface area contributed by atoms with E-state index in [-0.39, 0.29) is 0 Å². The Morgan fingerprint density at radius 2 is 1.75 bits per heavy atom. The number of nitrogens with zero attached hydrogens (tertiary/aromatic N) is 2. The second-order valence-corrected chi connectivity index (χ2v) is 4.53. The molecule has 4 nitrogen and oxygen atoms in total. The SMILES string of the molecule is COc1ccccc1Cc1nc(N)c2ccccc2n1. The lowest BCUT2D eigenvalue weighted by atomic mass is 10.1. The maximum Gasteiger partial charge on any atom is 0.135 e. The fourth-order valence-electron chi connectivity index (χ4n) is 2.25. The van der Waals surface area contributed by atoms with Gasteiger partial charge in [-0.1, -0.05) is 30.3 Å². The van der Waals surface area contributed by atoms with E-state index in [1.165, 1.54) is 0 Å². The molecule has 3 aromatic rings. The standard InChI is InChI=1S/C16H15N3O/c1-20-14-9-5-2-6-11(14)10-15-18-13-8-4-3-7-12(13)16(17)19-15/h2-9H,10H2,1H3,(H2,17,18,19). The Bertz CT molecular complexity index is 756. The van der Waals surface area contributed by atoms with Crippen LogP contribution in [0.3, 0.4) is 0 Å². The second-order valence-electron chi connectivity index (χ2n) is 4.53. The van der Waals surface area contributed by atoms with Gasteiger partial charge < -0.3 is 10.5 Å². The largest absolute Gasteiger partial charge is 0.496 e. The maximum absolute atomic E-state index is 6.00. The van der Waals surface area contributed by atoms with Gasteiger partial charge in [0, 0.05) is 17.4 Å². The summed E-state index contributed by atoms with van der Waals surface area (Å²) in [6, 6.07) is 15.6. The Morgan fingerprint density at radius 3 is 2.60 bits per heavy atom. The summed E-state index contributed by atoms with van der Waals surface area (Å²) < 4.78 is 5.35. The number of benzene rings is 2. The Hall–Kier alpha value is -2.62. The van der Waals surface area contributed by atoms with Crippen LogP contribution in [-0.4, -0.2) is 17.1 Å². The number of hydrogen-bond acceptors (Lipinski definition) is 4. The number of methoxy groups -OCH3 is 1. The van der Waals surface area contributed by atoms with Gasteiger partial charge in [0.05, 0.1) is 12.6 Å². The highest BCUT2D eigenvalue weighted by molar-refractivity contribution is 5.87. The number of fused-ring (bicyclic) bond motifs is 1. The predicted octanol–water partition coefficient (Wildman–Crippen LogP) is 2.81. The van der Waals surface area contributed by atoms with Crippen molar-refractivity contribution < 1.29 is 4.74 Å². The molecule has 2 N–H and O–H groups in total. The smallest absolute Gasteiger partial charge is 0.135 e. The lowest BCUT2D eigenvalue weighted by Crippen LogP contribution is -2.03. The van der Waals surface area contributed by atoms with Gasteiger partial charge in [-0.25, -0.2) is 9.97 Å². The first-order chi connectivity index (χ1) is 9.78. The summed E-state index contributed by atoms with van der Waals surface area (Å²) in [6.45, 7) is 0. The van der Waals surface area contributed by atoms with E-state index < -0.39 is 0 Å². The van der Waals surface area contributed by atoms with Crippen LogP contribution in [0.15, 0.2) is 48.5 Å². The zero-order valence-corrected chi connectivity index (χ0v) is 11.2. The fourth-order valence-corrected chi connectivity index (χ4v) is 2.25. The minimum Gasteiger partial charge on any atom is -0.496 e. The third-order valence-corrected chi connectivity index (χ3v) is 3.22. The number of ether oxygens (including phenoxy) is 1. The van der Waals surface area contributed by atoms with Crippen molar-refractivity contribution in [2.75, 3.05) is 12.8 Å². The molecule has 0 aliphatic rings. The van der Waals surface area contributed by atoms with Gasteiger partial charge in [0.2, 0.25) is 0 Å². The van der Waals surface area contributed by atoms with E-state index in [4.69, 9.17) is 10.5 Å². The topological polar surface area (TPSA) is 61.0 Å². The molecule has 100 valence electrons. The summed E-state index contributed by atoms with van der Waals surface area (Å²) in [5, 5.41) is 0.885. The van der Waals surface area contributed by atoms with Crippen molar-refractivity contribution in [2.24, 2.45) is 0 Å². The molecule has 0 spiro atoms. The molecule has 0 radical (unpaired) electrons. The van der Waals surface area contributed by atoms with E-state index in [0.29, 0.717) is 18.1 Å². The quantitative estimate of drug-likeness (QED) is 0.791. The van der Waals surface area contributed by atoms with Crippen molar-refractivity contribution in [3.63, 3.8) is 0 Å². The zero-order chi connectivity index (χ0) is 13.9. The van der Waals surface area contributed by atoms with E-state index in [1.807, 2.05) is 48.5 Å². The summed E-state index contributed by atoms with van der Waals surface area (Å²) >= 11 is 0. The Kier molecular flexibility index (Phi) is 3.21. The van der Waals surface area contributed by atoms with Crippen LogP contribution in [0.4, 0.5) is 5.82 Å². The van der Waals surface area contributed by atoms with Crippen LogP contribution in [0.5, 0.6) is 5.75 Å². The third-order valence-electron chi connectivity index (χ3n) is 3.22. The molecule has 1 aromatic heterocycles. The third kappa shape index (κ3) is 2.28. The summed E-state index contributed by atoms with van der Waals surface area (Å²) in [4.78, 5) is 8.94. The van der Waals surface area contributed by atoms with Crippen LogP contribution in [0.1, 0.15) is 11.4 Å². The first-order valence-corrected chi connectivity index (χ1v) is 6.41. The molecule has 0 aliphatic carbocycles. The minimum atomic E-state index is 0.514. The Labute approximate surface area is 117 Å². The molecule has 4 heteroatoms. The van der Waals surface area contributed by atoms with E-state index in [1.54, 1.807) is 7.11 Å². The van der Waals surface area contributed by atoms with Crippen molar-refractivity contribution in [2.45, 2.75) is 6.42 Å². The zero-order valence-electron chi connectivity index (χ0n) is 11.2. The summed E-state index contributed by atoms with van der Waals surface area (Å²) in [6.07, 6.45) is 0.596. The highest BCUT2D eigenvalue weighted by Gasteiger charge is 2.08. The van der Waals surface area contributed by atoms with E-state index >= 15 is 0 Å². The molecule has 0 atom stereocenters. The molecule has 0 amide bonds. The fraction of sp³-hybridized carbons (Fsp3) is 0.125. The first kappa shape index (κ1) is 12.4. The second kappa shape index (κ2) is 5.17. The average Bonchev–Trinajstić information content (AvgIpc) is 2.48. The molecule has 2 aromatic carbocycles. The van der Waals surface area contributed by atoms with Gasteiger partial charge in [-0.2, -0.15) is 0 Å². The Balaban J connectivity index is 2.03. The van der Waals surface area contributed by atoms with Gasteiger partial charge in [0.15, 0.2) is 0 Å². The minimum absolute atomic E-state index is 0.514. The van der Waals surface area contributed by atoms with Gasteiger partial charge in [0.25, 0.3) is 0 Å². The molecule has 3 rings (SSSR count). The number of nitrogen functional groups attached to an aromatic ring is 1. The summed E-state index contributed by atoms with van der Waals surface area (Å²) in [5.41, 5.74) is 7.91. The molecule has 20 heavy (non-hydrogen) atoms. The van der Waals surface area contributed by atoms with Crippen LogP contribution in [0.2, 0.25) is 0 Å². The molecule has 0 bridgehead atoms. The molecule has 0 aliphatic heterocycles. The van der Waals surface area contributed by atoms with Crippen molar-refractivity contribution in [3.8, 4) is 5.75 Å². The molecule has 0 fully saturated rings.